The number of carboxylic acid groups (broad SMARTS) is 1. The highest BCUT2D eigenvalue weighted by atomic mass is 31.2. The summed E-state index contributed by atoms with van der Waals surface area (Å²) in [5.74, 6) is -1.16. The van der Waals surface area contributed by atoms with Gasteiger partial charge in [-0.3, -0.25) is 9.36 Å². The van der Waals surface area contributed by atoms with E-state index in [1.165, 1.54) is 12.1 Å². The fourth-order valence-electron chi connectivity index (χ4n) is 3.26. The summed E-state index contributed by atoms with van der Waals surface area (Å²) in [5.41, 5.74) is 2.08. The normalized spacial score (nSPS) is 15.4. The number of hydrogen-bond acceptors (Lipinski definition) is 4. The van der Waals surface area contributed by atoms with E-state index in [0.717, 1.165) is 16.7 Å². The van der Waals surface area contributed by atoms with E-state index in [-0.39, 0.29) is 12.4 Å². The second-order valence-electron chi connectivity index (χ2n) is 7.27. The van der Waals surface area contributed by atoms with Crippen LogP contribution in [0, 0.1) is 19.7 Å². The number of hydrogen-bond donors (Lipinski definition) is 3. The van der Waals surface area contributed by atoms with Crippen molar-refractivity contribution in [3.8, 4) is 5.75 Å². The molecule has 2 rings (SSSR count). The molecule has 8 heteroatoms. The maximum Gasteiger partial charge on any atom is 0.305 e. The Bertz CT molecular complexity index is 912. The fraction of sp³-hybridized carbons (Fsp3) is 0.381. The second-order valence-corrected chi connectivity index (χ2v) is 9.93. The van der Waals surface area contributed by atoms with Crippen molar-refractivity contribution < 1.29 is 33.6 Å². The van der Waals surface area contributed by atoms with Gasteiger partial charge < -0.3 is 19.8 Å². The molecule has 0 heterocycles. The third-order valence-electron chi connectivity index (χ3n) is 4.71. The molecule has 0 saturated heterocycles. The number of aliphatic hydroxyl groups is 1. The zero-order valence-corrected chi connectivity index (χ0v) is 17.5. The molecule has 0 spiro atoms. The SMILES string of the molecule is Cc1cc(C)c(C(C)P(=O)(O)CC(O)CC(=O)O)c(OCc2ccc(F)cc2)c1. The van der Waals surface area contributed by atoms with E-state index in [0.29, 0.717) is 11.3 Å². The zero-order chi connectivity index (χ0) is 21.8. The van der Waals surface area contributed by atoms with Gasteiger partial charge in [0.05, 0.1) is 24.3 Å². The third kappa shape index (κ3) is 6.39. The van der Waals surface area contributed by atoms with Crippen molar-refractivity contribution in [3.05, 3.63) is 64.5 Å². The quantitative estimate of drug-likeness (QED) is 0.522. The molecule has 3 N–H and O–H groups in total. The molecule has 0 radical (unpaired) electrons. The summed E-state index contributed by atoms with van der Waals surface area (Å²) >= 11 is 0. The zero-order valence-electron chi connectivity index (χ0n) is 16.6. The van der Waals surface area contributed by atoms with E-state index in [1.54, 1.807) is 32.0 Å². The average Bonchev–Trinajstić information content (AvgIpc) is 2.59. The van der Waals surface area contributed by atoms with Crippen LogP contribution in [0.25, 0.3) is 0 Å². The van der Waals surface area contributed by atoms with Crippen molar-refractivity contribution in [1.82, 2.24) is 0 Å². The molecule has 2 aromatic carbocycles. The number of rotatable bonds is 9. The van der Waals surface area contributed by atoms with E-state index < -0.39 is 37.7 Å². The van der Waals surface area contributed by atoms with Gasteiger partial charge in [-0.15, -0.1) is 0 Å². The molecule has 0 fully saturated rings. The minimum absolute atomic E-state index is 0.153. The Kier molecular flexibility index (Phi) is 7.58. The summed E-state index contributed by atoms with van der Waals surface area (Å²) in [6.07, 6.45) is -2.54. The van der Waals surface area contributed by atoms with Crippen LogP contribution in [-0.4, -0.2) is 33.3 Å². The highest BCUT2D eigenvalue weighted by Gasteiger charge is 2.34. The smallest absolute Gasteiger partial charge is 0.305 e. The fourth-order valence-corrected chi connectivity index (χ4v) is 5.05. The average molecular weight is 424 g/mol. The van der Waals surface area contributed by atoms with Gasteiger partial charge in [-0.2, -0.15) is 0 Å². The number of aliphatic carboxylic acids is 1. The van der Waals surface area contributed by atoms with Gasteiger partial charge >= 0.3 is 5.97 Å². The van der Waals surface area contributed by atoms with Gasteiger partial charge in [0.25, 0.3) is 0 Å². The van der Waals surface area contributed by atoms with Crippen LogP contribution in [-0.2, 0) is 16.0 Å². The Morgan fingerprint density at radius 1 is 1.21 bits per heavy atom. The lowest BCUT2D eigenvalue weighted by atomic mass is 10.0. The molecule has 0 aliphatic rings. The summed E-state index contributed by atoms with van der Waals surface area (Å²) in [4.78, 5) is 21.3. The van der Waals surface area contributed by atoms with E-state index in [9.17, 15) is 23.7 Å². The van der Waals surface area contributed by atoms with Crippen molar-refractivity contribution in [1.29, 1.82) is 0 Å². The van der Waals surface area contributed by atoms with E-state index in [1.807, 2.05) is 13.0 Å². The Morgan fingerprint density at radius 2 is 1.83 bits per heavy atom. The first-order chi connectivity index (χ1) is 13.5. The van der Waals surface area contributed by atoms with Gasteiger partial charge in [0.1, 0.15) is 18.2 Å². The van der Waals surface area contributed by atoms with Crippen LogP contribution in [0.2, 0.25) is 0 Å². The Labute approximate surface area is 169 Å². The Hall–Kier alpha value is -2.21. The van der Waals surface area contributed by atoms with Gasteiger partial charge in [0, 0.05) is 5.56 Å². The molecule has 0 amide bonds. The van der Waals surface area contributed by atoms with E-state index in [4.69, 9.17) is 9.84 Å². The predicted molar refractivity (Wildman–Crippen MR) is 108 cm³/mol. The molecule has 158 valence electrons. The first-order valence-electron chi connectivity index (χ1n) is 9.19. The van der Waals surface area contributed by atoms with E-state index >= 15 is 0 Å². The number of benzene rings is 2. The molecule has 0 aliphatic heterocycles. The van der Waals surface area contributed by atoms with Crippen molar-refractivity contribution in [2.45, 2.75) is 45.6 Å². The van der Waals surface area contributed by atoms with E-state index in [2.05, 4.69) is 0 Å². The monoisotopic (exact) mass is 424 g/mol. The van der Waals surface area contributed by atoms with Gasteiger partial charge in [-0.25, -0.2) is 4.39 Å². The number of aryl methyl sites for hydroxylation is 2. The maximum atomic E-state index is 13.1. The largest absolute Gasteiger partial charge is 0.489 e. The number of aliphatic hydroxyl groups excluding tert-OH is 1. The third-order valence-corrected chi connectivity index (χ3v) is 7.12. The molecule has 6 nitrogen and oxygen atoms in total. The van der Waals surface area contributed by atoms with Crippen LogP contribution in [0.15, 0.2) is 36.4 Å². The minimum atomic E-state index is -3.93. The topological polar surface area (TPSA) is 104 Å². The van der Waals surface area contributed by atoms with Crippen LogP contribution < -0.4 is 4.74 Å². The Morgan fingerprint density at radius 3 is 2.41 bits per heavy atom. The van der Waals surface area contributed by atoms with Crippen LogP contribution in [0.3, 0.4) is 0 Å². The van der Waals surface area contributed by atoms with Gasteiger partial charge in [-0.1, -0.05) is 18.2 Å². The molecule has 29 heavy (non-hydrogen) atoms. The highest BCUT2D eigenvalue weighted by Crippen LogP contribution is 2.58. The van der Waals surface area contributed by atoms with Crippen molar-refractivity contribution >= 4 is 13.3 Å². The van der Waals surface area contributed by atoms with Crippen LogP contribution in [0.5, 0.6) is 5.75 Å². The predicted octanol–water partition coefficient (Wildman–Crippen LogP) is 4.19. The van der Waals surface area contributed by atoms with Gasteiger partial charge in [-0.05, 0) is 55.7 Å². The maximum absolute atomic E-state index is 13.1. The number of halogens is 1. The molecule has 2 aromatic rings. The summed E-state index contributed by atoms with van der Waals surface area (Å²) in [5, 5.41) is 18.6. The summed E-state index contributed by atoms with van der Waals surface area (Å²) in [7, 11) is -3.93. The molecule has 0 aliphatic carbocycles. The molecular formula is C21H26FO6P. The molecular weight excluding hydrogens is 398 g/mol. The molecule has 3 atom stereocenters. The van der Waals surface area contributed by atoms with Crippen LogP contribution in [0.1, 0.15) is 41.3 Å². The van der Waals surface area contributed by atoms with Crippen molar-refractivity contribution in [3.63, 3.8) is 0 Å². The molecule has 0 saturated carbocycles. The molecule has 0 bridgehead atoms. The number of carboxylic acids is 1. The lowest BCUT2D eigenvalue weighted by Crippen LogP contribution is -2.19. The minimum Gasteiger partial charge on any atom is -0.489 e. The second kappa shape index (κ2) is 9.53. The first-order valence-corrected chi connectivity index (χ1v) is 11.1. The van der Waals surface area contributed by atoms with Crippen molar-refractivity contribution in [2.24, 2.45) is 0 Å². The summed E-state index contributed by atoms with van der Waals surface area (Å²) in [6, 6.07) is 9.48. The molecule has 3 unspecified atom stereocenters. The van der Waals surface area contributed by atoms with Gasteiger partial charge in [0.2, 0.25) is 7.37 Å². The lowest BCUT2D eigenvalue weighted by Gasteiger charge is -2.25. The first kappa shape index (κ1) is 23.1. The highest BCUT2D eigenvalue weighted by molar-refractivity contribution is 7.58. The number of carbonyl (C=O) groups is 1. The number of ether oxygens (including phenoxy) is 1. The lowest BCUT2D eigenvalue weighted by molar-refractivity contribution is -0.138. The summed E-state index contributed by atoms with van der Waals surface area (Å²) in [6.45, 7) is 5.40. The van der Waals surface area contributed by atoms with Crippen LogP contribution in [0.4, 0.5) is 4.39 Å². The standard InChI is InChI=1S/C21H26FO6P/c1-13-8-14(2)21(15(3)29(26,27)12-18(23)10-20(24)25)19(9-13)28-11-16-4-6-17(22)7-5-16/h4-9,15,18,23H,10-12H2,1-3H3,(H,24,25)(H,26,27). The Balaban J connectivity index is 2.29. The van der Waals surface area contributed by atoms with Gasteiger partial charge in [0.15, 0.2) is 0 Å². The van der Waals surface area contributed by atoms with Crippen LogP contribution >= 0.6 is 7.37 Å². The molecule has 0 aromatic heterocycles. The van der Waals surface area contributed by atoms with Crippen molar-refractivity contribution in [2.75, 3.05) is 6.16 Å². The summed E-state index contributed by atoms with van der Waals surface area (Å²) < 4.78 is 31.9.